The highest BCUT2D eigenvalue weighted by Crippen LogP contribution is 2.33. The summed E-state index contributed by atoms with van der Waals surface area (Å²) in [6.45, 7) is -0.453. The molecule has 1 aliphatic rings. The van der Waals surface area contributed by atoms with E-state index in [1.54, 1.807) is 0 Å². The fraction of sp³-hybridized carbons (Fsp3) is 0.500. The topological polar surface area (TPSA) is 150 Å². The van der Waals surface area contributed by atoms with Crippen molar-refractivity contribution in [3.05, 3.63) is 11.9 Å². The first-order chi connectivity index (χ1) is 9.51. The molecule has 0 saturated carbocycles. The molecule has 108 valence electrons. The number of nitrogens with one attached hydrogen (secondary N) is 1. The number of nitrogen functional groups attached to an aromatic ring is 1. The van der Waals surface area contributed by atoms with E-state index in [0.717, 1.165) is 0 Å². The van der Waals surface area contributed by atoms with Crippen molar-refractivity contribution in [3.63, 3.8) is 0 Å². The molecule has 3 heterocycles. The lowest BCUT2D eigenvalue weighted by molar-refractivity contribution is -0.0249. The van der Waals surface area contributed by atoms with E-state index < -0.39 is 37.1 Å². The summed E-state index contributed by atoms with van der Waals surface area (Å²) in [6.07, 6.45) is -5.48. The lowest BCUT2D eigenvalue weighted by atomic mass is 10.1. The van der Waals surface area contributed by atoms with Gasteiger partial charge in [0, 0.05) is 0 Å². The minimum Gasteiger partial charge on any atom is -0.394 e. The first kappa shape index (κ1) is 13.1. The van der Waals surface area contributed by atoms with E-state index >= 15 is 0 Å². The molecule has 0 amide bonds. The Bertz CT molecular complexity index is 650. The van der Waals surface area contributed by atoms with Gasteiger partial charge in [0.2, 0.25) is 0 Å². The number of imidazole rings is 1. The van der Waals surface area contributed by atoms with Gasteiger partial charge >= 0.3 is 6.08 Å². The van der Waals surface area contributed by atoms with Gasteiger partial charge in [0.1, 0.15) is 35.8 Å². The highest BCUT2D eigenvalue weighted by atomic mass is 19.1. The molecule has 0 radical (unpaired) electrons. The van der Waals surface area contributed by atoms with E-state index in [4.69, 9.17) is 15.6 Å². The molecule has 9 nitrogen and oxygen atoms in total. The van der Waals surface area contributed by atoms with E-state index in [-0.39, 0.29) is 22.8 Å². The number of fused-ring (bicyclic) bond motifs is 1. The molecule has 0 bridgehead atoms. The number of aliphatic hydroxyl groups excluding tert-OH is 3. The maximum Gasteiger partial charge on any atom is 0.312 e. The van der Waals surface area contributed by atoms with Crippen LogP contribution in [0.4, 0.5) is 10.2 Å². The Morgan fingerprint density at radius 3 is 2.65 bits per heavy atom. The molecule has 0 spiro atoms. The predicted octanol–water partition coefficient (Wildman–Crippen LogP) is -1.77. The number of aromatic nitrogens is 4. The standard InChI is InChI=1S/C10H12FN5O4/c11-10-14-7(12)3-8(16-10)15-9(13-3)6-5(19)4(18)2(1-17)20-6/h2,4-6,17-19H,1H2,(H3,12,13,14,15,16)/t2-,4-,5+,6?/m1/s1. The minimum atomic E-state index is -1.29. The van der Waals surface area contributed by atoms with Gasteiger partial charge in [-0.05, 0) is 0 Å². The highest BCUT2D eigenvalue weighted by molar-refractivity contribution is 5.81. The van der Waals surface area contributed by atoms with Gasteiger partial charge in [0.15, 0.2) is 11.5 Å². The van der Waals surface area contributed by atoms with Gasteiger partial charge in [-0.15, -0.1) is 0 Å². The van der Waals surface area contributed by atoms with Crippen molar-refractivity contribution >= 4 is 17.0 Å². The number of ether oxygens (including phenoxy) is 1. The second-order valence-corrected chi connectivity index (χ2v) is 4.46. The Kier molecular flexibility index (Phi) is 3.01. The zero-order valence-electron chi connectivity index (χ0n) is 10.1. The lowest BCUT2D eigenvalue weighted by Crippen LogP contribution is -2.32. The van der Waals surface area contributed by atoms with Crippen LogP contribution in [-0.4, -0.2) is 60.2 Å². The smallest absolute Gasteiger partial charge is 0.312 e. The van der Waals surface area contributed by atoms with Crippen LogP contribution in [0.3, 0.4) is 0 Å². The van der Waals surface area contributed by atoms with Crippen LogP contribution in [0.5, 0.6) is 0 Å². The molecule has 2 aromatic rings. The second kappa shape index (κ2) is 4.59. The number of hydrogen-bond acceptors (Lipinski definition) is 8. The maximum absolute atomic E-state index is 13.0. The fourth-order valence-electron chi connectivity index (χ4n) is 2.17. The summed E-state index contributed by atoms with van der Waals surface area (Å²) in [5.41, 5.74) is 5.73. The average molecular weight is 285 g/mol. The first-order valence-corrected chi connectivity index (χ1v) is 5.82. The Hall–Kier alpha value is -1.88. The largest absolute Gasteiger partial charge is 0.394 e. The van der Waals surface area contributed by atoms with Crippen LogP contribution in [0, 0.1) is 6.08 Å². The van der Waals surface area contributed by atoms with Gasteiger partial charge < -0.3 is 30.8 Å². The normalized spacial score (nSPS) is 30.2. The summed E-state index contributed by atoms with van der Waals surface area (Å²) in [5.74, 6) is -0.00732. The van der Waals surface area contributed by atoms with Crippen LogP contribution in [0.1, 0.15) is 11.9 Å². The zero-order chi connectivity index (χ0) is 14.4. The van der Waals surface area contributed by atoms with Gasteiger partial charge in [-0.3, -0.25) is 0 Å². The monoisotopic (exact) mass is 285 g/mol. The summed E-state index contributed by atoms with van der Waals surface area (Å²) in [5, 5.41) is 28.6. The van der Waals surface area contributed by atoms with Crippen molar-refractivity contribution in [1.29, 1.82) is 0 Å². The number of rotatable bonds is 2. The van der Waals surface area contributed by atoms with Gasteiger partial charge in [-0.2, -0.15) is 14.4 Å². The van der Waals surface area contributed by atoms with Crippen molar-refractivity contribution in [2.75, 3.05) is 12.3 Å². The Balaban J connectivity index is 2.01. The van der Waals surface area contributed by atoms with Crippen molar-refractivity contribution in [1.82, 2.24) is 19.9 Å². The van der Waals surface area contributed by atoms with Gasteiger partial charge in [-0.25, -0.2) is 4.98 Å². The summed E-state index contributed by atoms with van der Waals surface area (Å²) in [7, 11) is 0. The fourth-order valence-corrected chi connectivity index (χ4v) is 2.17. The van der Waals surface area contributed by atoms with E-state index in [1.165, 1.54) is 0 Å². The van der Waals surface area contributed by atoms with Crippen LogP contribution >= 0.6 is 0 Å². The number of aliphatic hydroxyl groups is 3. The molecule has 10 heteroatoms. The zero-order valence-corrected chi connectivity index (χ0v) is 10.1. The first-order valence-electron chi connectivity index (χ1n) is 5.82. The SMILES string of the molecule is Nc1nc(F)nc2nc(C3O[C@H](CO)[C@@H](O)[C@@H]3O)[nH]c12. The molecule has 0 aromatic carbocycles. The van der Waals surface area contributed by atoms with Gasteiger partial charge in [0.05, 0.1) is 6.61 Å². The number of nitrogens with zero attached hydrogens (tertiary/aromatic N) is 3. The molecule has 1 aliphatic heterocycles. The quantitative estimate of drug-likeness (QED) is 0.407. The summed E-state index contributed by atoms with van der Waals surface area (Å²) >= 11 is 0. The third kappa shape index (κ3) is 1.89. The maximum atomic E-state index is 13.0. The summed E-state index contributed by atoms with van der Waals surface area (Å²) < 4.78 is 18.3. The number of anilines is 1. The van der Waals surface area contributed by atoms with Crippen LogP contribution in [0.15, 0.2) is 0 Å². The van der Waals surface area contributed by atoms with Gasteiger partial charge in [-0.1, -0.05) is 0 Å². The Labute approximate surface area is 111 Å². The van der Waals surface area contributed by atoms with Crippen LogP contribution in [-0.2, 0) is 4.74 Å². The molecule has 1 unspecified atom stereocenters. The number of halogens is 1. The summed E-state index contributed by atoms with van der Waals surface area (Å²) in [6, 6.07) is 0. The molecule has 0 aliphatic carbocycles. The van der Waals surface area contributed by atoms with Crippen molar-refractivity contribution in [2.24, 2.45) is 0 Å². The van der Waals surface area contributed by atoms with E-state index in [0.29, 0.717) is 0 Å². The second-order valence-electron chi connectivity index (χ2n) is 4.46. The number of hydrogen-bond donors (Lipinski definition) is 5. The average Bonchev–Trinajstić information content (AvgIpc) is 2.93. The molecular weight excluding hydrogens is 273 g/mol. The third-order valence-electron chi connectivity index (χ3n) is 3.18. The van der Waals surface area contributed by atoms with E-state index in [9.17, 15) is 14.6 Å². The van der Waals surface area contributed by atoms with Crippen molar-refractivity contribution in [3.8, 4) is 0 Å². The molecule has 2 aromatic heterocycles. The molecular formula is C10H12FN5O4. The number of H-pyrrole nitrogens is 1. The van der Waals surface area contributed by atoms with Gasteiger partial charge in [0.25, 0.3) is 0 Å². The summed E-state index contributed by atoms with van der Waals surface area (Å²) in [4.78, 5) is 13.5. The molecule has 4 atom stereocenters. The Morgan fingerprint density at radius 2 is 2.00 bits per heavy atom. The van der Waals surface area contributed by atoms with Crippen LogP contribution in [0.25, 0.3) is 11.2 Å². The lowest BCUT2D eigenvalue weighted by Gasteiger charge is -2.11. The Morgan fingerprint density at radius 1 is 1.25 bits per heavy atom. The van der Waals surface area contributed by atoms with Crippen molar-refractivity contribution in [2.45, 2.75) is 24.4 Å². The van der Waals surface area contributed by atoms with Crippen LogP contribution < -0.4 is 5.73 Å². The number of aromatic amines is 1. The molecule has 1 saturated heterocycles. The molecule has 20 heavy (non-hydrogen) atoms. The third-order valence-corrected chi connectivity index (χ3v) is 3.18. The van der Waals surface area contributed by atoms with E-state index in [2.05, 4.69) is 19.9 Å². The minimum absolute atomic E-state index is 0.0114. The molecule has 6 N–H and O–H groups in total. The van der Waals surface area contributed by atoms with Crippen molar-refractivity contribution < 1.29 is 24.4 Å². The predicted molar refractivity (Wildman–Crippen MR) is 62.8 cm³/mol. The molecule has 1 fully saturated rings. The highest BCUT2D eigenvalue weighted by Gasteiger charge is 2.44. The number of nitrogens with two attached hydrogens (primary N) is 1. The van der Waals surface area contributed by atoms with Crippen LogP contribution in [0.2, 0.25) is 0 Å². The molecule has 3 rings (SSSR count). The van der Waals surface area contributed by atoms with E-state index in [1.807, 2.05) is 0 Å².